The molecule has 0 amide bonds. The highest BCUT2D eigenvalue weighted by atomic mass is 16.3. The smallest absolute Gasteiger partial charge is 0.135 e. The summed E-state index contributed by atoms with van der Waals surface area (Å²) < 4.78 is 2.23. The number of pyridine rings is 2. The number of hydrogen-bond acceptors (Lipinski definition) is 4. The van der Waals surface area contributed by atoms with Gasteiger partial charge in [-0.15, -0.1) is 0 Å². The van der Waals surface area contributed by atoms with E-state index in [1.165, 1.54) is 0 Å². The summed E-state index contributed by atoms with van der Waals surface area (Å²) in [7, 11) is 1.90. The van der Waals surface area contributed by atoms with Crippen molar-refractivity contribution in [1.29, 1.82) is 0 Å². The van der Waals surface area contributed by atoms with E-state index in [1.807, 2.05) is 7.05 Å². The number of aliphatic hydroxyl groups excluding tert-OH is 1. The van der Waals surface area contributed by atoms with Gasteiger partial charge >= 0.3 is 0 Å². The molecule has 0 bridgehead atoms. The molecule has 1 atom stereocenters. The number of nitrogens with zero attached hydrogens (tertiary/aromatic N) is 3. The van der Waals surface area contributed by atoms with Gasteiger partial charge in [0.05, 0.1) is 16.7 Å². The fourth-order valence-electron chi connectivity index (χ4n) is 3.57. The number of aromatic nitrogens is 3. The maximum absolute atomic E-state index is 9.30. The third-order valence-electron chi connectivity index (χ3n) is 5.20. The molecule has 27 heavy (non-hydrogen) atoms. The second-order valence-corrected chi connectivity index (χ2v) is 7.64. The number of aliphatic hydroxyl groups is 1. The van der Waals surface area contributed by atoms with Crippen molar-refractivity contribution in [2.24, 2.45) is 0 Å². The minimum atomic E-state index is 0.184. The van der Waals surface area contributed by atoms with E-state index < -0.39 is 0 Å². The molecule has 0 spiro atoms. The van der Waals surface area contributed by atoms with Gasteiger partial charge in [-0.1, -0.05) is 13.8 Å². The molecule has 5 heteroatoms. The molecular formula is C22H30N4O. The van der Waals surface area contributed by atoms with Crippen molar-refractivity contribution in [3.8, 4) is 11.3 Å². The summed E-state index contributed by atoms with van der Waals surface area (Å²) >= 11 is 0. The molecule has 3 aromatic rings. The highest BCUT2D eigenvalue weighted by Crippen LogP contribution is 2.33. The first-order valence-corrected chi connectivity index (χ1v) is 9.66. The van der Waals surface area contributed by atoms with E-state index in [0.29, 0.717) is 5.92 Å². The Labute approximate surface area is 161 Å². The van der Waals surface area contributed by atoms with Crippen LogP contribution in [0.25, 0.3) is 22.3 Å². The van der Waals surface area contributed by atoms with Crippen molar-refractivity contribution in [2.75, 3.05) is 19.0 Å². The Hall–Kier alpha value is -2.40. The highest BCUT2D eigenvalue weighted by molar-refractivity contribution is 5.86. The van der Waals surface area contributed by atoms with E-state index in [2.05, 4.69) is 68.9 Å². The molecule has 0 unspecified atom stereocenters. The van der Waals surface area contributed by atoms with Gasteiger partial charge in [0.2, 0.25) is 0 Å². The minimum absolute atomic E-state index is 0.184. The number of fused-ring (bicyclic) bond motifs is 1. The van der Waals surface area contributed by atoms with Crippen LogP contribution in [0.15, 0.2) is 24.4 Å². The number of aryl methyl sites for hydroxylation is 2. The first kappa shape index (κ1) is 19.4. The van der Waals surface area contributed by atoms with Crippen LogP contribution in [0.5, 0.6) is 0 Å². The molecule has 3 rings (SSSR count). The Balaban J connectivity index is 2.17. The summed E-state index contributed by atoms with van der Waals surface area (Å²) in [5.41, 5.74) is 7.45. The van der Waals surface area contributed by atoms with E-state index in [9.17, 15) is 5.11 Å². The van der Waals surface area contributed by atoms with Gasteiger partial charge in [-0.3, -0.25) is 0 Å². The van der Waals surface area contributed by atoms with Crippen molar-refractivity contribution < 1.29 is 5.11 Å². The predicted octanol–water partition coefficient (Wildman–Crippen LogP) is 4.82. The van der Waals surface area contributed by atoms with Gasteiger partial charge in [-0.05, 0) is 62.4 Å². The first-order chi connectivity index (χ1) is 12.9. The van der Waals surface area contributed by atoms with Gasteiger partial charge in [0.15, 0.2) is 0 Å². The van der Waals surface area contributed by atoms with Crippen LogP contribution in [-0.2, 0) is 0 Å². The van der Waals surface area contributed by atoms with Gasteiger partial charge in [0.1, 0.15) is 5.82 Å². The molecule has 3 heterocycles. The molecule has 0 aliphatic carbocycles. The average Bonchev–Trinajstić information content (AvgIpc) is 2.96. The second kappa shape index (κ2) is 7.69. The van der Waals surface area contributed by atoms with Crippen molar-refractivity contribution in [3.63, 3.8) is 0 Å². The summed E-state index contributed by atoms with van der Waals surface area (Å²) in [6.45, 7) is 10.8. The maximum Gasteiger partial charge on any atom is 0.135 e. The molecule has 0 saturated carbocycles. The van der Waals surface area contributed by atoms with E-state index in [4.69, 9.17) is 9.97 Å². The summed E-state index contributed by atoms with van der Waals surface area (Å²) in [6.07, 6.45) is 2.87. The third-order valence-corrected chi connectivity index (χ3v) is 5.20. The van der Waals surface area contributed by atoms with E-state index in [0.717, 1.165) is 51.4 Å². The molecule has 0 saturated heterocycles. The molecule has 0 fully saturated rings. The van der Waals surface area contributed by atoms with Gasteiger partial charge < -0.3 is 15.0 Å². The van der Waals surface area contributed by atoms with Crippen LogP contribution >= 0.6 is 0 Å². The topological polar surface area (TPSA) is 63.0 Å². The fraction of sp³-hybridized carbons (Fsp3) is 0.455. The molecule has 0 aliphatic heterocycles. The lowest BCUT2D eigenvalue weighted by Gasteiger charge is -2.16. The van der Waals surface area contributed by atoms with E-state index in [-0.39, 0.29) is 12.6 Å². The number of anilines is 1. The zero-order chi connectivity index (χ0) is 19.7. The number of nitrogens with one attached hydrogen (secondary N) is 1. The van der Waals surface area contributed by atoms with Gasteiger partial charge in [-0.2, -0.15) is 0 Å². The fourth-order valence-corrected chi connectivity index (χ4v) is 3.57. The first-order valence-electron chi connectivity index (χ1n) is 9.66. The molecule has 0 radical (unpaired) electrons. The van der Waals surface area contributed by atoms with Crippen LogP contribution in [0.3, 0.4) is 0 Å². The molecular weight excluding hydrogens is 336 g/mol. The Morgan fingerprint density at radius 1 is 1.11 bits per heavy atom. The lowest BCUT2D eigenvalue weighted by atomic mass is 10.0. The van der Waals surface area contributed by atoms with Crippen LogP contribution in [-0.4, -0.2) is 33.3 Å². The largest absolute Gasteiger partial charge is 0.396 e. The van der Waals surface area contributed by atoms with Crippen molar-refractivity contribution in [1.82, 2.24) is 14.5 Å². The monoisotopic (exact) mass is 366 g/mol. The van der Waals surface area contributed by atoms with Crippen LogP contribution in [0.1, 0.15) is 56.0 Å². The Bertz CT molecular complexity index is 959. The zero-order valence-corrected chi connectivity index (χ0v) is 17.2. The second-order valence-electron chi connectivity index (χ2n) is 7.64. The zero-order valence-electron chi connectivity index (χ0n) is 17.2. The Kier molecular flexibility index (Phi) is 5.51. The third kappa shape index (κ3) is 3.56. The molecule has 2 N–H and O–H groups in total. The van der Waals surface area contributed by atoms with E-state index in [1.54, 1.807) is 0 Å². The Morgan fingerprint density at radius 2 is 1.85 bits per heavy atom. The summed E-state index contributed by atoms with van der Waals surface area (Å²) in [4.78, 5) is 9.81. The summed E-state index contributed by atoms with van der Waals surface area (Å²) in [6, 6.07) is 6.65. The van der Waals surface area contributed by atoms with Crippen molar-refractivity contribution >= 4 is 16.9 Å². The standard InChI is InChI=1S/C22H30N4O/c1-13(2)18-8-7-17(22(23-6)24-18)20-14(3)11-19-21(25-20)15(4)12-26(19)16(5)9-10-27/h7-8,11-13,16,27H,9-10H2,1-6H3,(H,23,24)/t16-/m1/s1. The van der Waals surface area contributed by atoms with E-state index >= 15 is 0 Å². The average molecular weight is 367 g/mol. The van der Waals surface area contributed by atoms with Crippen molar-refractivity contribution in [3.05, 3.63) is 41.2 Å². The van der Waals surface area contributed by atoms with Crippen LogP contribution < -0.4 is 5.32 Å². The quantitative estimate of drug-likeness (QED) is 0.656. The predicted molar refractivity (Wildman–Crippen MR) is 112 cm³/mol. The molecule has 3 aromatic heterocycles. The lowest BCUT2D eigenvalue weighted by Crippen LogP contribution is -2.06. The molecule has 0 aliphatic rings. The lowest BCUT2D eigenvalue weighted by molar-refractivity contribution is 0.264. The number of rotatable bonds is 6. The molecule has 0 aromatic carbocycles. The minimum Gasteiger partial charge on any atom is -0.396 e. The number of hydrogen-bond donors (Lipinski definition) is 2. The molecule has 5 nitrogen and oxygen atoms in total. The van der Waals surface area contributed by atoms with Crippen LogP contribution in [0, 0.1) is 13.8 Å². The van der Waals surface area contributed by atoms with Crippen LogP contribution in [0.4, 0.5) is 5.82 Å². The Morgan fingerprint density at radius 3 is 2.48 bits per heavy atom. The normalized spacial score (nSPS) is 12.7. The summed E-state index contributed by atoms with van der Waals surface area (Å²) in [5.74, 6) is 1.24. The van der Waals surface area contributed by atoms with Gasteiger partial charge in [0, 0.05) is 37.2 Å². The highest BCUT2D eigenvalue weighted by Gasteiger charge is 2.17. The van der Waals surface area contributed by atoms with Crippen LogP contribution in [0.2, 0.25) is 0 Å². The van der Waals surface area contributed by atoms with Crippen molar-refractivity contribution in [2.45, 2.75) is 53.0 Å². The van der Waals surface area contributed by atoms with Gasteiger partial charge in [0.25, 0.3) is 0 Å². The molecule has 144 valence electrons. The maximum atomic E-state index is 9.30. The summed E-state index contributed by atoms with van der Waals surface area (Å²) in [5, 5.41) is 12.5. The van der Waals surface area contributed by atoms with Gasteiger partial charge in [-0.25, -0.2) is 9.97 Å². The SMILES string of the molecule is CNc1nc(C(C)C)ccc1-c1nc2c(C)cn([C@H](C)CCO)c2cc1C.